The predicted octanol–water partition coefficient (Wildman–Crippen LogP) is 1.14. The van der Waals surface area contributed by atoms with Crippen LogP contribution in [0.15, 0.2) is 0 Å². The number of nitriles is 1. The Labute approximate surface area is 97.6 Å². The SMILES string of the molecule is CC(C)N(C)CCCNC(=O)C1(C#N)CC1. The van der Waals surface area contributed by atoms with Crippen LogP contribution in [0.2, 0.25) is 0 Å². The summed E-state index contributed by atoms with van der Waals surface area (Å²) in [6, 6.07) is 2.63. The number of rotatable bonds is 6. The highest BCUT2D eigenvalue weighted by atomic mass is 16.2. The smallest absolute Gasteiger partial charge is 0.240 e. The molecule has 4 heteroatoms. The largest absolute Gasteiger partial charge is 0.355 e. The van der Waals surface area contributed by atoms with E-state index in [0.717, 1.165) is 25.8 Å². The van der Waals surface area contributed by atoms with Gasteiger partial charge in [0.2, 0.25) is 5.91 Å². The molecule has 0 bridgehead atoms. The van der Waals surface area contributed by atoms with Gasteiger partial charge < -0.3 is 10.2 Å². The Bertz CT molecular complexity index is 289. The van der Waals surface area contributed by atoms with Gasteiger partial charge in [0.05, 0.1) is 6.07 Å². The molecule has 0 aromatic heterocycles. The molecule has 90 valence electrons. The van der Waals surface area contributed by atoms with Crippen LogP contribution in [0.3, 0.4) is 0 Å². The molecule has 4 nitrogen and oxygen atoms in total. The van der Waals surface area contributed by atoms with Crippen LogP contribution in [-0.2, 0) is 4.79 Å². The first kappa shape index (κ1) is 13.0. The number of carbonyl (C=O) groups is 1. The molecule has 1 saturated carbocycles. The van der Waals surface area contributed by atoms with E-state index in [1.54, 1.807) is 0 Å². The van der Waals surface area contributed by atoms with E-state index in [4.69, 9.17) is 5.26 Å². The number of nitrogens with one attached hydrogen (secondary N) is 1. The Morgan fingerprint density at radius 3 is 2.62 bits per heavy atom. The predicted molar refractivity (Wildman–Crippen MR) is 62.7 cm³/mol. The van der Waals surface area contributed by atoms with E-state index >= 15 is 0 Å². The van der Waals surface area contributed by atoms with E-state index in [2.05, 4.69) is 37.2 Å². The third kappa shape index (κ3) is 3.21. The molecular weight excluding hydrogens is 202 g/mol. The minimum absolute atomic E-state index is 0.0813. The fourth-order valence-electron chi connectivity index (χ4n) is 1.47. The summed E-state index contributed by atoms with van der Waals surface area (Å²) in [4.78, 5) is 13.8. The molecule has 0 saturated heterocycles. The van der Waals surface area contributed by atoms with Crippen LogP contribution in [0, 0.1) is 16.7 Å². The van der Waals surface area contributed by atoms with E-state index in [1.165, 1.54) is 0 Å². The van der Waals surface area contributed by atoms with Crippen LogP contribution in [0.4, 0.5) is 0 Å². The van der Waals surface area contributed by atoms with Crippen LogP contribution in [0.5, 0.6) is 0 Å². The van der Waals surface area contributed by atoms with Gasteiger partial charge in [-0.1, -0.05) is 0 Å². The zero-order valence-electron chi connectivity index (χ0n) is 10.4. The topological polar surface area (TPSA) is 56.1 Å². The lowest BCUT2D eigenvalue weighted by Gasteiger charge is -2.20. The lowest BCUT2D eigenvalue weighted by atomic mass is 10.1. The Balaban J connectivity index is 2.13. The molecule has 1 fully saturated rings. The van der Waals surface area contributed by atoms with Crippen LogP contribution in [-0.4, -0.2) is 37.0 Å². The van der Waals surface area contributed by atoms with Crippen LogP contribution < -0.4 is 5.32 Å². The summed E-state index contributed by atoms with van der Waals surface area (Å²) in [5.41, 5.74) is -0.677. The second-order valence-corrected chi connectivity index (χ2v) is 4.88. The molecule has 0 aromatic rings. The van der Waals surface area contributed by atoms with Gasteiger partial charge in [-0.3, -0.25) is 4.79 Å². The summed E-state index contributed by atoms with van der Waals surface area (Å²) in [6.07, 6.45) is 2.38. The first-order valence-electron chi connectivity index (χ1n) is 5.91. The molecule has 1 N–H and O–H groups in total. The first-order valence-corrected chi connectivity index (χ1v) is 5.91. The van der Waals surface area contributed by atoms with Crippen molar-refractivity contribution >= 4 is 5.91 Å². The Hall–Kier alpha value is -1.08. The molecule has 0 atom stereocenters. The fourth-order valence-corrected chi connectivity index (χ4v) is 1.47. The van der Waals surface area contributed by atoms with Gasteiger partial charge in [0.1, 0.15) is 5.41 Å². The molecule has 1 amide bonds. The third-order valence-corrected chi connectivity index (χ3v) is 3.25. The molecule has 0 radical (unpaired) electrons. The van der Waals surface area contributed by atoms with E-state index < -0.39 is 5.41 Å². The number of hydrogen-bond donors (Lipinski definition) is 1. The van der Waals surface area contributed by atoms with Crippen molar-refractivity contribution in [3.8, 4) is 6.07 Å². The van der Waals surface area contributed by atoms with Crippen molar-refractivity contribution in [2.75, 3.05) is 20.1 Å². The maximum absolute atomic E-state index is 11.6. The lowest BCUT2D eigenvalue weighted by molar-refractivity contribution is -0.124. The molecule has 0 spiro atoms. The molecule has 1 aliphatic rings. The summed E-state index contributed by atoms with van der Waals surface area (Å²) in [7, 11) is 2.07. The van der Waals surface area contributed by atoms with Crippen molar-refractivity contribution in [3.05, 3.63) is 0 Å². The van der Waals surface area contributed by atoms with Gasteiger partial charge in [-0.05, 0) is 46.7 Å². The van der Waals surface area contributed by atoms with E-state index in [9.17, 15) is 4.79 Å². The highest BCUT2D eigenvalue weighted by molar-refractivity contribution is 5.88. The maximum Gasteiger partial charge on any atom is 0.240 e. The number of amides is 1. The molecule has 0 unspecified atom stereocenters. The fraction of sp³-hybridized carbons (Fsp3) is 0.833. The van der Waals surface area contributed by atoms with Crippen LogP contribution in [0.1, 0.15) is 33.1 Å². The summed E-state index contributed by atoms with van der Waals surface area (Å²) in [5, 5.41) is 11.7. The van der Waals surface area contributed by atoms with Gasteiger partial charge in [0, 0.05) is 12.6 Å². The molecule has 16 heavy (non-hydrogen) atoms. The molecular formula is C12H21N3O. The molecule has 1 aliphatic carbocycles. The minimum Gasteiger partial charge on any atom is -0.355 e. The van der Waals surface area contributed by atoms with Crippen LogP contribution >= 0.6 is 0 Å². The van der Waals surface area contributed by atoms with Gasteiger partial charge in [0.15, 0.2) is 0 Å². The number of carbonyl (C=O) groups excluding carboxylic acids is 1. The first-order chi connectivity index (χ1) is 7.52. The van der Waals surface area contributed by atoms with Gasteiger partial charge in [-0.15, -0.1) is 0 Å². The summed E-state index contributed by atoms with van der Waals surface area (Å²) >= 11 is 0. The molecule has 1 rings (SSSR count). The van der Waals surface area contributed by atoms with Crippen LogP contribution in [0.25, 0.3) is 0 Å². The Kier molecular flexibility index (Phi) is 4.31. The zero-order valence-corrected chi connectivity index (χ0v) is 10.4. The van der Waals surface area contributed by atoms with Gasteiger partial charge in [-0.25, -0.2) is 0 Å². The normalized spacial score (nSPS) is 17.2. The second kappa shape index (κ2) is 5.31. The quantitative estimate of drug-likeness (QED) is 0.687. The highest BCUT2D eigenvalue weighted by Crippen LogP contribution is 2.44. The molecule has 0 aromatic carbocycles. The van der Waals surface area contributed by atoms with Gasteiger partial charge in [0.25, 0.3) is 0 Å². The average molecular weight is 223 g/mol. The monoisotopic (exact) mass is 223 g/mol. The van der Waals surface area contributed by atoms with Crippen molar-refractivity contribution < 1.29 is 4.79 Å². The second-order valence-electron chi connectivity index (χ2n) is 4.88. The third-order valence-electron chi connectivity index (χ3n) is 3.25. The summed E-state index contributed by atoms with van der Waals surface area (Å²) in [5.74, 6) is -0.0813. The van der Waals surface area contributed by atoms with E-state index in [0.29, 0.717) is 12.6 Å². The molecule has 0 heterocycles. The highest BCUT2D eigenvalue weighted by Gasteiger charge is 2.50. The Morgan fingerprint density at radius 1 is 1.56 bits per heavy atom. The van der Waals surface area contributed by atoms with E-state index in [1.807, 2.05) is 0 Å². The van der Waals surface area contributed by atoms with Crippen molar-refractivity contribution in [2.45, 2.75) is 39.2 Å². The lowest BCUT2D eigenvalue weighted by Crippen LogP contribution is -2.34. The number of nitrogens with zero attached hydrogens (tertiary/aromatic N) is 2. The van der Waals surface area contributed by atoms with Crippen molar-refractivity contribution in [3.63, 3.8) is 0 Å². The van der Waals surface area contributed by atoms with Crippen molar-refractivity contribution in [2.24, 2.45) is 5.41 Å². The zero-order chi connectivity index (χ0) is 12.2. The minimum atomic E-state index is -0.677. The van der Waals surface area contributed by atoms with E-state index in [-0.39, 0.29) is 5.91 Å². The van der Waals surface area contributed by atoms with Crippen molar-refractivity contribution in [1.29, 1.82) is 5.26 Å². The summed E-state index contributed by atoms with van der Waals surface area (Å²) in [6.45, 7) is 5.93. The maximum atomic E-state index is 11.6. The van der Waals surface area contributed by atoms with Gasteiger partial charge in [-0.2, -0.15) is 5.26 Å². The average Bonchev–Trinajstić information content (AvgIpc) is 3.04. The Morgan fingerprint density at radius 2 is 2.19 bits per heavy atom. The van der Waals surface area contributed by atoms with Gasteiger partial charge >= 0.3 is 0 Å². The standard InChI is InChI=1S/C12H21N3O/c1-10(2)15(3)8-4-7-14-11(16)12(9-13)5-6-12/h10H,4-8H2,1-3H3,(H,14,16). The summed E-state index contributed by atoms with van der Waals surface area (Å²) < 4.78 is 0. The molecule has 0 aliphatic heterocycles. The number of hydrogen-bond acceptors (Lipinski definition) is 3. The van der Waals surface area contributed by atoms with Crippen molar-refractivity contribution in [1.82, 2.24) is 10.2 Å².